The Labute approximate surface area is 130 Å². The van der Waals surface area contributed by atoms with Gasteiger partial charge >= 0.3 is 0 Å². The second kappa shape index (κ2) is 8.43. The van der Waals surface area contributed by atoms with Crippen molar-refractivity contribution in [3.8, 4) is 0 Å². The van der Waals surface area contributed by atoms with Crippen molar-refractivity contribution in [1.29, 1.82) is 0 Å². The zero-order chi connectivity index (χ0) is 15.1. The molecule has 1 saturated carbocycles. The fourth-order valence-electron chi connectivity index (χ4n) is 3.53. The molecule has 0 amide bonds. The molecule has 2 rings (SSSR count). The average Bonchev–Trinajstić information content (AvgIpc) is 2.55. The van der Waals surface area contributed by atoms with Crippen molar-refractivity contribution in [2.75, 3.05) is 18.0 Å². The summed E-state index contributed by atoms with van der Waals surface area (Å²) >= 11 is 0. The van der Waals surface area contributed by atoms with Gasteiger partial charge in [-0.3, -0.25) is 0 Å². The lowest BCUT2D eigenvalue weighted by Crippen LogP contribution is -2.21. The van der Waals surface area contributed by atoms with Crippen LogP contribution in [0.4, 0.5) is 5.69 Å². The number of nitrogens with zero attached hydrogens (tertiary/aromatic N) is 1. The van der Waals surface area contributed by atoms with E-state index < -0.39 is 0 Å². The Balaban J connectivity index is 1.85. The van der Waals surface area contributed by atoms with E-state index in [1.807, 2.05) is 0 Å². The lowest BCUT2D eigenvalue weighted by atomic mass is 9.85. The van der Waals surface area contributed by atoms with Crippen molar-refractivity contribution in [3.05, 3.63) is 29.8 Å². The van der Waals surface area contributed by atoms with Gasteiger partial charge in [-0.25, -0.2) is 0 Å². The molecular formula is C19H31NO. The molecule has 0 heterocycles. The van der Waals surface area contributed by atoms with Crippen LogP contribution in [0, 0.1) is 5.92 Å². The molecule has 118 valence electrons. The number of hydrogen-bond donors (Lipinski definition) is 1. The van der Waals surface area contributed by atoms with Gasteiger partial charge in [0.2, 0.25) is 0 Å². The molecule has 1 unspecified atom stereocenters. The first-order valence-electron chi connectivity index (χ1n) is 8.77. The van der Waals surface area contributed by atoms with Gasteiger partial charge < -0.3 is 10.0 Å². The summed E-state index contributed by atoms with van der Waals surface area (Å²) in [5.41, 5.74) is 2.32. The monoisotopic (exact) mass is 289 g/mol. The highest BCUT2D eigenvalue weighted by molar-refractivity contribution is 5.47. The summed E-state index contributed by atoms with van der Waals surface area (Å²) in [6.07, 6.45) is 8.72. The van der Waals surface area contributed by atoms with Crippen LogP contribution < -0.4 is 4.90 Å². The first-order valence-corrected chi connectivity index (χ1v) is 8.77. The molecule has 2 nitrogen and oxygen atoms in total. The number of benzene rings is 1. The van der Waals surface area contributed by atoms with E-state index in [1.54, 1.807) is 0 Å². The zero-order valence-corrected chi connectivity index (χ0v) is 13.7. The first-order chi connectivity index (χ1) is 10.2. The summed E-state index contributed by atoms with van der Waals surface area (Å²) in [6, 6.07) is 8.48. The normalized spacial score (nSPS) is 17.7. The molecule has 0 aromatic heterocycles. The summed E-state index contributed by atoms with van der Waals surface area (Å²) < 4.78 is 0. The van der Waals surface area contributed by atoms with Crippen LogP contribution in [0.25, 0.3) is 0 Å². The minimum Gasteiger partial charge on any atom is -0.388 e. The molecule has 2 heteroatoms. The van der Waals surface area contributed by atoms with Crippen LogP contribution >= 0.6 is 0 Å². The molecule has 1 aromatic rings. The predicted molar refractivity (Wildman–Crippen MR) is 90.8 cm³/mol. The van der Waals surface area contributed by atoms with E-state index in [2.05, 4.69) is 43.0 Å². The van der Waals surface area contributed by atoms with Gasteiger partial charge in [-0.05, 0) is 50.3 Å². The maximum atomic E-state index is 10.4. The van der Waals surface area contributed by atoms with E-state index in [4.69, 9.17) is 0 Å². The summed E-state index contributed by atoms with van der Waals surface area (Å²) in [5.74, 6) is 0.850. The molecule has 21 heavy (non-hydrogen) atoms. The van der Waals surface area contributed by atoms with E-state index in [0.717, 1.165) is 31.0 Å². The van der Waals surface area contributed by atoms with Gasteiger partial charge in [0.25, 0.3) is 0 Å². The molecule has 1 fully saturated rings. The minimum absolute atomic E-state index is 0.294. The molecular weight excluding hydrogens is 258 g/mol. The topological polar surface area (TPSA) is 23.5 Å². The van der Waals surface area contributed by atoms with Gasteiger partial charge in [0.1, 0.15) is 0 Å². The molecule has 0 bridgehead atoms. The number of hydrogen-bond acceptors (Lipinski definition) is 2. The molecule has 1 N–H and O–H groups in total. The number of anilines is 1. The molecule has 1 atom stereocenters. The van der Waals surface area contributed by atoms with Crippen molar-refractivity contribution < 1.29 is 5.11 Å². The van der Waals surface area contributed by atoms with Crippen LogP contribution in [0.5, 0.6) is 0 Å². The Hall–Kier alpha value is -1.02. The van der Waals surface area contributed by atoms with E-state index in [1.165, 1.54) is 44.2 Å². The van der Waals surface area contributed by atoms with Gasteiger partial charge in [0, 0.05) is 18.8 Å². The third-order valence-electron chi connectivity index (χ3n) is 4.98. The van der Waals surface area contributed by atoms with Crippen LogP contribution in [0.15, 0.2) is 24.3 Å². The fraction of sp³-hybridized carbons (Fsp3) is 0.684. The van der Waals surface area contributed by atoms with Crippen molar-refractivity contribution in [2.24, 2.45) is 5.92 Å². The minimum atomic E-state index is -0.294. The van der Waals surface area contributed by atoms with Crippen LogP contribution in [-0.4, -0.2) is 18.2 Å². The molecule has 0 aliphatic heterocycles. The van der Waals surface area contributed by atoms with Crippen molar-refractivity contribution in [2.45, 2.75) is 64.9 Å². The summed E-state index contributed by atoms with van der Waals surface area (Å²) in [7, 11) is 0. The zero-order valence-electron chi connectivity index (χ0n) is 13.7. The molecule has 0 saturated heterocycles. The lowest BCUT2D eigenvalue weighted by Gasteiger charge is -2.23. The number of rotatable bonds is 7. The quantitative estimate of drug-likeness (QED) is 0.769. The second-order valence-corrected chi connectivity index (χ2v) is 6.36. The SMILES string of the molecule is CCN(CC)c1ccc(C(O)CCC2CCCCC2)cc1. The van der Waals surface area contributed by atoms with E-state index >= 15 is 0 Å². The standard InChI is InChI=1S/C19H31NO/c1-3-20(4-2)18-13-11-17(12-14-18)19(21)15-10-16-8-6-5-7-9-16/h11-14,16,19,21H,3-10,15H2,1-2H3. The average molecular weight is 289 g/mol. The van der Waals surface area contributed by atoms with Crippen molar-refractivity contribution in [1.82, 2.24) is 0 Å². The van der Waals surface area contributed by atoms with Gasteiger partial charge in [-0.15, -0.1) is 0 Å². The highest BCUT2D eigenvalue weighted by Crippen LogP contribution is 2.30. The molecule has 1 aromatic carbocycles. The Morgan fingerprint density at radius 1 is 1.05 bits per heavy atom. The maximum Gasteiger partial charge on any atom is 0.0790 e. The molecule has 1 aliphatic carbocycles. The van der Waals surface area contributed by atoms with Gasteiger partial charge in [-0.1, -0.05) is 44.2 Å². The third-order valence-corrected chi connectivity index (χ3v) is 4.98. The molecule has 0 radical (unpaired) electrons. The Morgan fingerprint density at radius 2 is 1.67 bits per heavy atom. The van der Waals surface area contributed by atoms with Gasteiger partial charge in [-0.2, -0.15) is 0 Å². The lowest BCUT2D eigenvalue weighted by molar-refractivity contribution is 0.151. The van der Waals surface area contributed by atoms with Crippen LogP contribution in [0.2, 0.25) is 0 Å². The molecule has 1 aliphatic rings. The van der Waals surface area contributed by atoms with Crippen LogP contribution in [0.1, 0.15) is 70.5 Å². The number of aliphatic hydroxyl groups excluding tert-OH is 1. The second-order valence-electron chi connectivity index (χ2n) is 6.36. The van der Waals surface area contributed by atoms with Crippen LogP contribution in [0.3, 0.4) is 0 Å². The summed E-state index contributed by atoms with van der Waals surface area (Å²) in [6.45, 7) is 6.41. The predicted octanol–water partition coefficient (Wildman–Crippen LogP) is 4.93. The highest BCUT2D eigenvalue weighted by Gasteiger charge is 2.16. The van der Waals surface area contributed by atoms with E-state index in [0.29, 0.717) is 0 Å². The largest absolute Gasteiger partial charge is 0.388 e. The molecule has 0 spiro atoms. The third kappa shape index (κ3) is 4.74. The first kappa shape index (κ1) is 16.4. The van der Waals surface area contributed by atoms with Crippen LogP contribution in [-0.2, 0) is 0 Å². The Kier molecular flexibility index (Phi) is 6.56. The summed E-state index contributed by atoms with van der Waals surface area (Å²) in [4.78, 5) is 2.33. The smallest absolute Gasteiger partial charge is 0.0790 e. The summed E-state index contributed by atoms with van der Waals surface area (Å²) in [5, 5.41) is 10.4. The van der Waals surface area contributed by atoms with Crippen molar-refractivity contribution >= 4 is 5.69 Å². The fourth-order valence-corrected chi connectivity index (χ4v) is 3.53. The van der Waals surface area contributed by atoms with E-state index in [9.17, 15) is 5.11 Å². The van der Waals surface area contributed by atoms with E-state index in [-0.39, 0.29) is 6.10 Å². The van der Waals surface area contributed by atoms with Gasteiger partial charge in [0.05, 0.1) is 6.10 Å². The highest BCUT2D eigenvalue weighted by atomic mass is 16.3. The Bertz CT molecular complexity index is 391. The van der Waals surface area contributed by atoms with Gasteiger partial charge in [0.15, 0.2) is 0 Å². The number of aliphatic hydroxyl groups is 1. The maximum absolute atomic E-state index is 10.4. The Morgan fingerprint density at radius 3 is 2.24 bits per heavy atom. The van der Waals surface area contributed by atoms with Crippen molar-refractivity contribution in [3.63, 3.8) is 0 Å².